The Kier molecular flexibility index (Phi) is 9.95. The minimum absolute atomic E-state index is 0.372. The average Bonchev–Trinajstić information content (AvgIpc) is 2.48. The molecule has 120 valence electrons. The van der Waals surface area contributed by atoms with Crippen LogP contribution in [-0.4, -0.2) is 48.0 Å². The summed E-state index contributed by atoms with van der Waals surface area (Å²) in [6.07, 6.45) is 6.27. The fraction of sp³-hybridized carbons (Fsp3) is 1.00. The Labute approximate surface area is 129 Å². The molecule has 0 heterocycles. The van der Waals surface area contributed by atoms with Gasteiger partial charge in [-0.2, -0.15) is 11.8 Å². The molecule has 1 aliphatic carbocycles. The highest BCUT2D eigenvalue weighted by atomic mass is 32.2. The molecule has 1 fully saturated rings. The molecule has 1 rings (SSSR count). The zero-order chi connectivity index (χ0) is 14.8. The Balaban J connectivity index is 2.13. The van der Waals surface area contributed by atoms with Crippen molar-refractivity contribution in [3.63, 3.8) is 0 Å². The van der Waals surface area contributed by atoms with Crippen LogP contribution < -0.4 is 5.32 Å². The molecule has 4 atom stereocenters. The first-order valence-corrected chi connectivity index (χ1v) is 9.43. The molecule has 0 saturated heterocycles. The van der Waals surface area contributed by atoms with Crippen LogP contribution in [0, 0.1) is 5.92 Å². The number of nitrogens with one attached hydrogen (secondary N) is 1. The number of thioether (sulfide) groups is 1. The van der Waals surface area contributed by atoms with Crippen molar-refractivity contribution >= 4 is 11.8 Å². The summed E-state index contributed by atoms with van der Waals surface area (Å²) >= 11 is 1.93. The minimum atomic E-state index is -0.386. The molecule has 0 radical (unpaired) electrons. The number of aliphatic hydroxyl groups excluding tert-OH is 1. The number of rotatable bonds is 10. The molecule has 0 amide bonds. The Morgan fingerprint density at radius 3 is 2.75 bits per heavy atom. The first-order chi connectivity index (χ1) is 9.67. The van der Waals surface area contributed by atoms with E-state index >= 15 is 0 Å². The van der Waals surface area contributed by atoms with E-state index in [9.17, 15) is 5.11 Å². The summed E-state index contributed by atoms with van der Waals surface area (Å²) in [7, 11) is 0. The van der Waals surface area contributed by atoms with Crippen LogP contribution in [0.15, 0.2) is 0 Å². The summed E-state index contributed by atoms with van der Waals surface area (Å²) < 4.78 is 5.97. The fourth-order valence-electron chi connectivity index (χ4n) is 2.84. The largest absolute Gasteiger partial charge is 0.389 e. The van der Waals surface area contributed by atoms with Crippen molar-refractivity contribution in [3.8, 4) is 0 Å². The van der Waals surface area contributed by atoms with Crippen molar-refractivity contribution in [2.75, 3.05) is 24.7 Å². The maximum absolute atomic E-state index is 10.0. The maximum atomic E-state index is 10.0. The quantitative estimate of drug-likeness (QED) is 0.651. The summed E-state index contributed by atoms with van der Waals surface area (Å²) in [5, 5.41) is 13.4. The second-order valence-electron chi connectivity index (χ2n) is 5.95. The smallest absolute Gasteiger partial charge is 0.0897 e. The summed E-state index contributed by atoms with van der Waals surface area (Å²) in [6, 6.07) is 0.452. The molecule has 4 heteroatoms. The lowest BCUT2D eigenvalue weighted by Crippen LogP contribution is -2.39. The van der Waals surface area contributed by atoms with Crippen molar-refractivity contribution in [1.82, 2.24) is 5.32 Å². The Morgan fingerprint density at radius 2 is 2.05 bits per heavy atom. The van der Waals surface area contributed by atoms with Gasteiger partial charge in [0.15, 0.2) is 0 Å². The standard InChI is InChI=1S/C16H33NO2S/c1-4-14-8-6-7-9-16(14)19-11-15(18)10-17-13(3)12-20-5-2/h13-18H,4-12H2,1-3H3. The molecule has 1 aliphatic rings. The monoisotopic (exact) mass is 303 g/mol. The third kappa shape index (κ3) is 7.30. The van der Waals surface area contributed by atoms with Crippen molar-refractivity contribution < 1.29 is 9.84 Å². The summed E-state index contributed by atoms with van der Waals surface area (Å²) in [6.45, 7) is 7.70. The fourth-order valence-corrected chi connectivity index (χ4v) is 3.55. The van der Waals surface area contributed by atoms with Gasteiger partial charge in [0.2, 0.25) is 0 Å². The van der Waals surface area contributed by atoms with Gasteiger partial charge >= 0.3 is 0 Å². The number of hydrogen-bond donors (Lipinski definition) is 2. The van der Waals surface area contributed by atoms with Gasteiger partial charge in [0.25, 0.3) is 0 Å². The van der Waals surface area contributed by atoms with Gasteiger partial charge < -0.3 is 15.2 Å². The van der Waals surface area contributed by atoms with Gasteiger partial charge in [-0.25, -0.2) is 0 Å². The zero-order valence-corrected chi connectivity index (χ0v) is 14.3. The molecule has 0 aromatic heterocycles. The molecular formula is C16H33NO2S. The Morgan fingerprint density at radius 1 is 1.30 bits per heavy atom. The lowest BCUT2D eigenvalue weighted by atomic mass is 9.85. The normalized spacial score (nSPS) is 26.4. The van der Waals surface area contributed by atoms with E-state index in [1.807, 2.05) is 11.8 Å². The summed E-state index contributed by atoms with van der Waals surface area (Å²) in [4.78, 5) is 0. The molecule has 1 saturated carbocycles. The predicted molar refractivity (Wildman–Crippen MR) is 88.5 cm³/mol. The van der Waals surface area contributed by atoms with Crippen LogP contribution in [0.5, 0.6) is 0 Å². The van der Waals surface area contributed by atoms with Crippen LogP contribution in [0.3, 0.4) is 0 Å². The first kappa shape index (κ1) is 18.3. The van der Waals surface area contributed by atoms with Gasteiger partial charge in [-0.15, -0.1) is 0 Å². The van der Waals surface area contributed by atoms with Crippen LogP contribution in [0.4, 0.5) is 0 Å². The highest BCUT2D eigenvalue weighted by molar-refractivity contribution is 7.99. The number of aliphatic hydroxyl groups is 1. The van der Waals surface area contributed by atoms with E-state index in [-0.39, 0.29) is 6.10 Å². The summed E-state index contributed by atoms with van der Waals surface area (Å²) in [5.74, 6) is 2.95. The molecule has 0 spiro atoms. The van der Waals surface area contributed by atoms with Gasteiger partial charge in [-0.05, 0) is 31.4 Å². The molecule has 0 bridgehead atoms. The van der Waals surface area contributed by atoms with Gasteiger partial charge in [0.1, 0.15) is 0 Å². The van der Waals surface area contributed by atoms with E-state index in [0.717, 1.165) is 11.5 Å². The molecule has 0 aliphatic heterocycles. The first-order valence-electron chi connectivity index (χ1n) is 8.28. The van der Waals surface area contributed by atoms with Crippen LogP contribution in [0.25, 0.3) is 0 Å². The van der Waals surface area contributed by atoms with E-state index in [1.54, 1.807) is 0 Å². The molecule has 0 aromatic carbocycles. The van der Waals surface area contributed by atoms with Crippen molar-refractivity contribution in [3.05, 3.63) is 0 Å². The predicted octanol–water partition coefficient (Wildman–Crippen LogP) is 3.06. The number of hydrogen-bond acceptors (Lipinski definition) is 4. The number of ether oxygens (including phenoxy) is 1. The van der Waals surface area contributed by atoms with Crippen LogP contribution in [0.2, 0.25) is 0 Å². The molecule has 2 N–H and O–H groups in total. The van der Waals surface area contributed by atoms with E-state index in [1.165, 1.54) is 32.1 Å². The lowest BCUT2D eigenvalue weighted by Gasteiger charge is -2.31. The molecule has 3 nitrogen and oxygen atoms in total. The second-order valence-corrected chi connectivity index (χ2v) is 7.27. The Hall–Kier alpha value is 0.230. The lowest BCUT2D eigenvalue weighted by molar-refractivity contribution is -0.0501. The molecule has 20 heavy (non-hydrogen) atoms. The van der Waals surface area contributed by atoms with E-state index in [4.69, 9.17) is 4.74 Å². The SMILES string of the molecule is CCSCC(C)NCC(O)COC1CCCCC1CC. The topological polar surface area (TPSA) is 41.5 Å². The zero-order valence-electron chi connectivity index (χ0n) is 13.4. The molecule has 4 unspecified atom stereocenters. The van der Waals surface area contributed by atoms with Gasteiger partial charge in [0, 0.05) is 18.3 Å². The van der Waals surface area contributed by atoms with Gasteiger partial charge in [0.05, 0.1) is 18.8 Å². The third-order valence-corrected chi connectivity index (χ3v) is 5.28. The van der Waals surface area contributed by atoms with Crippen LogP contribution in [-0.2, 0) is 4.74 Å². The highest BCUT2D eigenvalue weighted by Crippen LogP contribution is 2.29. The van der Waals surface area contributed by atoms with Crippen molar-refractivity contribution in [2.45, 2.75) is 71.1 Å². The highest BCUT2D eigenvalue weighted by Gasteiger charge is 2.24. The van der Waals surface area contributed by atoms with Crippen molar-refractivity contribution in [1.29, 1.82) is 0 Å². The summed E-state index contributed by atoms with van der Waals surface area (Å²) in [5.41, 5.74) is 0. The van der Waals surface area contributed by atoms with Crippen molar-refractivity contribution in [2.24, 2.45) is 5.92 Å². The van der Waals surface area contributed by atoms with Crippen LogP contribution >= 0.6 is 11.8 Å². The van der Waals surface area contributed by atoms with Crippen LogP contribution in [0.1, 0.15) is 52.9 Å². The third-order valence-electron chi connectivity index (χ3n) is 4.14. The molecule has 0 aromatic rings. The van der Waals surface area contributed by atoms with E-state index in [2.05, 4.69) is 26.1 Å². The van der Waals surface area contributed by atoms with Gasteiger partial charge in [-0.3, -0.25) is 0 Å². The second kappa shape index (κ2) is 10.9. The van der Waals surface area contributed by atoms with E-state index < -0.39 is 0 Å². The Bertz CT molecular complexity index is 241. The molecular weight excluding hydrogens is 270 g/mol. The van der Waals surface area contributed by atoms with E-state index in [0.29, 0.717) is 31.2 Å². The maximum Gasteiger partial charge on any atom is 0.0897 e. The van der Waals surface area contributed by atoms with Gasteiger partial charge in [-0.1, -0.05) is 33.1 Å². The minimum Gasteiger partial charge on any atom is -0.389 e. The average molecular weight is 304 g/mol.